The second-order valence-electron chi connectivity index (χ2n) is 21.4. The molecular formula is C58H82Cl5FN9O13PS. The molecular weight excluding hydrogens is 1290 g/mol. The monoisotopic (exact) mass is 1370 g/mol. The van der Waals surface area contributed by atoms with E-state index in [0.717, 1.165) is 67.2 Å². The highest BCUT2D eigenvalue weighted by Crippen LogP contribution is 2.38. The summed E-state index contributed by atoms with van der Waals surface area (Å²) in [4.78, 5) is 91.3. The summed E-state index contributed by atoms with van der Waals surface area (Å²) in [6.07, 6.45) is 9.75. The van der Waals surface area contributed by atoms with Crippen LogP contribution in [0.25, 0.3) is 0 Å². The van der Waals surface area contributed by atoms with Crippen molar-refractivity contribution in [2.24, 2.45) is 0 Å². The molecule has 1 aromatic heterocycles. The lowest BCUT2D eigenvalue weighted by atomic mass is 10.0. The van der Waals surface area contributed by atoms with Gasteiger partial charge < -0.3 is 58.8 Å². The zero-order chi connectivity index (χ0) is 66.8. The number of nitrogens with one attached hydrogen (secondary N) is 3. The van der Waals surface area contributed by atoms with Crippen molar-refractivity contribution >= 4 is 135 Å². The number of aliphatic carboxylic acids is 1. The lowest BCUT2D eigenvalue weighted by Crippen LogP contribution is -2.47. The van der Waals surface area contributed by atoms with Crippen LogP contribution < -0.4 is 45.0 Å². The van der Waals surface area contributed by atoms with E-state index in [1.807, 2.05) is 90.2 Å². The topological polar surface area (TPSA) is 287 Å². The molecule has 0 radical (unpaired) electrons. The lowest BCUT2D eigenvalue weighted by molar-refractivity contribution is -0.193. The molecule has 1 saturated carbocycles. The number of rotatable bonds is 17. The number of benzene rings is 3. The van der Waals surface area contributed by atoms with Crippen LogP contribution in [0.15, 0.2) is 65.9 Å². The van der Waals surface area contributed by atoms with E-state index in [-0.39, 0.29) is 68.9 Å². The average molecular weight is 1370 g/mol. The fourth-order valence-corrected chi connectivity index (χ4v) is 9.28. The number of halogens is 6. The number of fused-ring (bicyclic) bond motifs is 1. The number of imide groups is 1. The Morgan fingerprint density at radius 1 is 0.989 bits per heavy atom. The van der Waals surface area contributed by atoms with Crippen molar-refractivity contribution < 1.29 is 66.8 Å². The van der Waals surface area contributed by atoms with Crippen molar-refractivity contribution in [2.75, 3.05) is 89.7 Å². The van der Waals surface area contributed by atoms with Crippen LogP contribution in [0.3, 0.4) is 0 Å². The minimum absolute atomic E-state index is 0.00962. The Hall–Kier alpha value is -5.24. The Balaban J connectivity index is 0.000000378. The summed E-state index contributed by atoms with van der Waals surface area (Å²) >= 11 is 28.8. The molecule has 4 aromatic rings. The van der Waals surface area contributed by atoms with Crippen molar-refractivity contribution in [2.45, 2.75) is 130 Å². The molecule has 3 aliphatic rings. The number of carboxylic acid groups (broad SMARTS) is 1. The van der Waals surface area contributed by atoms with E-state index in [0.29, 0.717) is 52.2 Å². The number of amides is 4. The molecule has 1 aliphatic carbocycles. The van der Waals surface area contributed by atoms with Crippen LogP contribution in [-0.2, 0) is 50.5 Å². The van der Waals surface area contributed by atoms with Gasteiger partial charge in [-0.25, -0.2) is 14.1 Å². The number of carbonyl (C=O) groups is 5. The molecule has 3 unspecified atom stereocenters. The van der Waals surface area contributed by atoms with Gasteiger partial charge in [0.25, 0.3) is 5.91 Å². The minimum Gasteiger partial charge on any atom is -0.778 e. The molecule has 2 aliphatic heterocycles. The number of aromatic nitrogens is 3. The van der Waals surface area contributed by atoms with Crippen LogP contribution in [0, 0.1) is 12.7 Å². The smallest absolute Gasteiger partial charge is 0.427 e. The van der Waals surface area contributed by atoms with Gasteiger partial charge in [-0.05, 0) is 152 Å². The quantitative estimate of drug-likeness (QED) is 0.0284. The van der Waals surface area contributed by atoms with Crippen molar-refractivity contribution in [3.05, 3.63) is 93.2 Å². The number of hydrogen-bond donors (Lipinski definition) is 5. The fraction of sp³-hybridized carbons (Fsp3) is 0.517. The number of hydrogen-bond acceptors (Lipinski definition) is 17. The maximum atomic E-state index is 14.3. The average Bonchev–Trinajstić information content (AvgIpc) is 2.55. The highest BCUT2D eigenvalue weighted by Gasteiger charge is 2.40. The van der Waals surface area contributed by atoms with E-state index in [4.69, 9.17) is 87.0 Å². The number of cyclic esters (lactones) is 1. The summed E-state index contributed by atoms with van der Waals surface area (Å²) in [5.74, 6) is -1.27. The number of ether oxygens (including phenoxy) is 4. The van der Waals surface area contributed by atoms with E-state index in [9.17, 15) is 37.8 Å². The summed E-state index contributed by atoms with van der Waals surface area (Å²) in [5, 5.41) is 16.4. The molecule has 1 saturated heterocycles. The van der Waals surface area contributed by atoms with Crippen molar-refractivity contribution in [1.29, 1.82) is 0 Å². The van der Waals surface area contributed by atoms with Crippen LogP contribution in [-0.4, -0.2) is 148 Å². The zero-order valence-corrected chi connectivity index (χ0v) is 57.5. The van der Waals surface area contributed by atoms with Gasteiger partial charge in [0, 0.05) is 25.3 Å². The number of allylic oxidation sites excluding steroid dienone is 1. The summed E-state index contributed by atoms with van der Waals surface area (Å²) in [7, 11) is -2.07. The third-order valence-electron chi connectivity index (χ3n) is 11.7. The van der Waals surface area contributed by atoms with Gasteiger partial charge in [-0.2, -0.15) is 15.0 Å². The van der Waals surface area contributed by atoms with E-state index in [1.54, 1.807) is 30.8 Å². The number of anilines is 5. The van der Waals surface area contributed by atoms with Crippen molar-refractivity contribution in [3.63, 3.8) is 0 Å². The Morgan fingerprint density at radius 3 is 2.12 bits per heavy atom. The van der Waals surface area contributed by atoms with Gasteiger partial charge in [-0.15, -0.1) is 11.6 Å². The zero-order valence-electron chi connectivity index (χ0n) is 52.0. The Labute approximate surface area is 543 Å². The highest BCUT2D eigenvalue weighted by atomic mass is 35.5. The summed E-state index contributed by atoms with van der Waals surface area (Å²) in [6, 6.07) is 15.6. The first-order valence-corrected chi connectivity index (χ1v) is 34.0. The van der Waals surface area contributed by atoms with E-state index in [1.165, 1.54) is 6.07 Å². The Morgan fingerprint density at radius 2 is 1.60 bits per heavy atom. The molecule has 3 aromatic carbocycles. The van der Waals surface area contributed by atoms with Gasteiger partial charge >= 0.3 is 18.0 Å². The maximum Gasteiger partial charge on any atom is 0.427 e. The second-order valence-corrected chi connectivity index (χ2v) is 27.5. The highest BCUT2D eigenvalue weighted by molar-refractivity contribution is 7.94. The number of aryl methyl sites for hydroxylation is 2. The van der Waals surface area contributed by atoms with Crippen LogP contribution >= 0.6 is 65.6 Å². The van der Waals surface area contributed by atoms with Crippen LogP contribution in [0.1, 0.15) is 99.1 Å². The summed E-state index contributed by atoms with van der Waals surface area (Å²) < 4.78 is 45.7. The predicted octanol–water partition coefficient (Wildman–Crippen LogP) is 11.2. The molecule has 0 bridgehead atoms. The molecule has 5 N–H and O–H groups in total. The molecule has 0 spiro atoms. The number of nitrogens with zero attached hydrogens (tertiary/aromatic N) is 6. The predicted molar refractivity (Wildman–Crippen MR) is 349 cm³/mol. The lowest BCUT2D eigenvalue weighted by Gasteiger charge is -2.35. The first-order chi connectivity index (χ1) is 41.1. The Bertz CT molecular complexity index is 3020. The summed E-state index contributed by atoms with van der Waals surface area (Å²) in [5.41, 5.74) is 4.14. The third kappa shape index (κ3) is 27.1. The van der Waals surface area contributed by atoms with E-state index in [2.05, 4.69) is 57.3 Å². The van der Waals surface area contributed by atoms with E-state index >= 15 is 0 Å². The largest absolute Gasteiger partial charge is 0.778 e. The van der Waals surface area contributed by atoms with E-state index < -0.39 is 49.0 Å². The second kappa shape index (κ2) is 38.5. The molecule has 3 heterocycles. The number of carbonyl (C=O) groups excluding carboxylic acids is 4. The molecule has 490 valence electrons. The SMILES string of the molecule is CC(C)=C1OC(=O)N(c2cc(OC3CCCC3)c(Cl)cc2F)C1=O.CC1COc2ccccc2N1C(=O)C(Cl)Cl.CCNc1nc(Cl)nc(NC(C)(C)C)n1.CCc1cccc(C)c1N(C(=O)CCl)C(C)COC.C[S+](C)C.O=C(O)CNCP(=O)([O-])O. The molecule has 2 fully saturated rings. The number of methoxy groups -OCH3 is 1. The first kappa shape index (κ1) is 78.9. The molecule has 7 rings (SSSR count). The molecule has 22 nitrogen and oxygen atoms in total. The fourth-order valence-electron chi connectivity index (χ4n) is 8.20. The van der Waals surface area contributed by atoms with Gasteiger partial charge in [0.1, 0.15) is 37.4 Å². The van der Waals surface area contributed by atoms with Gasteiger partial charge in [0.2, 0.25) is 23.1 Å². The molecule has 30 heteroatoms. The molecule has 3 atom stereocenters. The van der Waals surface area contributed by atoms with Crippen LogP contribution in [0.5, 0.6) is 11.5 Å². The molecule has 88 heavy (non-hydrogen) atoms. The van der Waals surface area contributed by atoms with Gasteiger partial charge in [-0.3, -0.25) is 24.5 Å². The Kier molecular flexibility index (Phi) is 34.5. The summed E-state index contributed by atoms with van der Waals surface area (Å²) in [6.45, 7) is 20.5. The number of para-hydroxylation sites is 3. The standard InChI is InChI=1S/C17H17ClFNO4.C15H22ClNO2.C11H11Cl2NO2.C9H16ClN5.C3H8NO5P.C3H9S/c1-9(2)15-16(21)20(17(22)24-15)13-8-14(11(18)7-12(13)19)23-10-5-3-4-6-10;1-5-13-8-6-7-11(2)15(13)17(14(18)9-16)12(3)10-19-4;1-7-6-16-9-5-3-2-4-8(9)14(7)11(15)10(12)13;1-5-11-7-12-6(10)13-8(14-7)15-9(2,3)4;5-3(6)1-4-2-10(7,8)9;1-4(2)3/h7-8,10H,3-6H2,1-2H3;6-8,12H,5,9-10H2,1-4H3;2-5,7,10H,6H2,1H3;5H2,1-4H3,(H2,11,12,13,14,15);4H,1-2H2,(H,5,6)(H2,7,8,9);1-3H3/q;;;;;+1/p-1. The maximum absolute atomic E-state index is 14.3. The van der Waals surface area contributed by atoms with Crippen molar-refractivity contribution in [1.82, 2.24) is 20.3 Å². The molecule has 4 amide bonds. The van der Waals surface area contributed by atoms with Crippen LogP contribution in [0.4, 0.5) is 38.1 Å². The minimum atomic E-state index is -4.35. The van der Waals surface area contributed by atoms with Crippen LogP contribution in [0.2, 0.25) is 10.3 Å². The first-order valence-electron chi connectivity index (χ1n) is 27.7. The normalized spacial score (nSPS) is 15.3. The number of alkyl halides is 3. The van der Waals surface area contributed by atoms with Gasteiger partial charge in [0.15, 0.2) is 10.6 Å². The van der Waals surface area contributed by atoms with Gasteiger partial charge in [0.05, 0.1) is 78.5 Å². The number of carboxylic acids is 1. The van der Waals surface area contributed by atoms with Crippen molar-refractivity contribution in [3.8, 4) is 11.5 Å². The third-order valence-corrected chi connectivity index (χ3v) is 13.4. The van der Waals surface area contributed by atoms with Gasteiger partial charge in [-0.1, -0.05) is 72.1 Å².